The van der Waals surface area contributed by atoms with E-state index in [1.54, 1.807) is 11.3 Å². The van der Waals surface area contributed by atoms with Gasteiger partial charge in [-0.2, -0.15) is 0 Å². The van der Waals surface area contributed by atoms with Crippen molar-refractivity contribution in [2.75, 3.05) is 0 Å². The predicted molar refractivity (Wildman–Crippen MR) is 141 cm³/mol. The van der Waals surface area contributed by atoms with Crippen molar-refractivity contribution in [1.29, 1.82) is 0 Å². The van der Waals surface area contributed by atoms with Gasteiger partial charge in [-0.3, -0.25) is 4.57 Å². The number of thiophene rings is 1. The van der Waals surface area contributed by atoms with E-state index in [9.17, 15) is 0 Å². The minimum Gasteiger partial charge on any atom is -0.400 e. The molecule has 0 aliphatic rings. The molecule has 0 amide bonds. The maximum absolute atomic E-state index is 7.06. The molecule has 0 atom stereocenters. The number of hydrogen-bond acceptors (Lipinski definition) is 4. The lowest BCUT2D eigenvalue weighted by Crippen LogP contribution is -2.66. The normalized spacial score (nSPS) is 12.3. The van der Waals surface area contributed by atoms with Gasteiger partial charge in [0.15, 0.2) is 5.82 Å². The molecule has 33 heavy (non-hydrogen) atoms. The molecule has 4 aromatic rings. The highest BCUT2D eigenvalue weighted by molar-refractivity contribution is 7.13. The fourth-order valence-electron chi connectivity index (χ4n) is 4.36. The first-order valence-electron chi connectivity index (χ1n) is 10.8. The molecule has 4 rings (SSSR count). The lowest BCUT2D eigenvalue weighted by Gasteiger charge is -2.42. The highest BCUT2D eigenvalue weighted by Crippen LogP contribution is 2.38. The summed E-state index contributed by atoms with van der Waals surface area (Å²) in [6, 6.07) is 21.2. The molecule has 8 heteroatoms. The van der Waals surface area contributed by atoms with Gasteiger partial charge in [0.25, 0.3) is 8.32 Å². The summed E-state index contributed by atoms with van der Waals surface area (Å²) in [4.78, 5) is 0. The zero-order valence-corrected chi connectivity index (χ0v) is 22.5. The van der Waals surface area contributed by atoms with Crippen LogP contribution in [0.2, 0.25) is 10.1 Å². The van der Waals surface area contributed by atoms with Crippen LogP contribution in [0.3, 0.4) is 0 Å². The summed E-state index contributed by atoms with van der Waals surface area (Å²) in [7, 11) is -2.69. The molecule has 2 aromatic carbocycles. The van der Waals surface area contributed by atoms with Crippen LogP contribution in [0, 0.1) is 6.92 Å². The smallest absolute Gasteiger partial charge is 0.261 e. The number of aromatic nitrogens is 3. The first kappa shape index (κ1) is 24.2. The summed E-state index contributed by atoms with van der Waals surface area (Å²) in [5.74, 6) is 1.84. The van der Waals surface area contributed by atoms with Crippen LogP contribution >= 0.6 is 34.5 Å². The lowest BCUT2D eigenvalue weighted by molar-refractivity contribution is 0.274. The van der Waals surface area contributed by atoms with Crippen LogP contribution in [0.25, 0.3) is 5.00 Å². The fraction of sp³-hybridized carbons (Fsp3) is 0.280. The second-order valence-electron chi connectivity index (χ2n) is 8.95. The van der Waals surface area contributed by atoms with E-state index in [0.29, 0.717) is 17.5 Å². The molecule has 4 nitrogen and oxygen atoms in total. The Bertz CT molecular complexity index is 1180. The van der Waals surface area contributed by atoms with Crippen molar-refractivity contribution < 1.29 is 4.43 Å². The molecule has 172 valence electrons. The molecular weight excluding hydrogens is 489 g/mol. The van der Waals surface area contributed by atoms with Crippen molar-refractivity contribution in [3.63, 3.8) is 0 Å². The van der Waals surface area contributed by atoms with Crippen LogP contribution in [-0.4, -0.2) is 23.1 Å². The Morgan fingerprint density at radius 1 is 0.970 bits per heavy atom. The molecule has 0 aliphatic heterocycles. The molecule has 0 radical (unpaired) electrons. The molecule has 0 saturated heterocycles. The minimum atomic E-state index is -2.69. The van der Waals surface area contributed by atoms with E-state index in [4.69, 9.17) is 27.6 Å². The van der Waals surface area contributed by atoms with Gasteiger partial charge in [0.2, 0.25) is 0 Å². The van der Waals surface area contributed by atoms with Crippen LogP contribution in [-0.2, 0) is 16.9 Å². The molecule has 0 bridgehead atoms. The van der Waals surface area contributed by atoms with Crippen molar-refractivity contribution in [2.45, 2.75) is 45.2 Å². The monoisotopic (exact) mass is 515 g/mol. The number of alkyl halides is 1. The van der Waals surface area contributed by atoms with Crippen molar-refractivity contribution in [3.05, 3.63) is 88.3 Å². The molecule has 0 unspecified atom stereocenters. The minimum absolute atomic E-state index is 0.122. The standard InChI is InChI=1S/C25H27Cl2N3OSSi/c1-18-28-29-23(30(18)24-21(15-26)22(27)17-32-24)16-31-33(25(2,3)4,19-11-7-5-8-12-19)20-13-9-6-10-14-20/h5-14,17H,15-16H2,1-4H3. The molecule has 0 N–H and O–H groups in total. The van der Waals surface area contributed by atoms with Crippen LogP contribution < -0.4 is 10.4 Å². The third kappa shape index (κ3) is 4.43. The maximum Gasteiger partial charge on any atom is 0.261 e. The summed E-state index contributed by atoms with van der Waals surface area (Å²) >= 11 is 14.1. The van der Waals surface area contributed by atoms with Gasteiger partial charge in [0.05, 0.1) is 17.5 Å². The van der Waals surface area contributed by atoms with E-state index < -0.39 is 8.32 Å². The van der Waals surface area contributed by atoms with Gasteiger partial charge in [-0.05, 0) is 22.3 Å². The van der Waals surface area contributed by atoms with E-state index >= 15 is 0 Å². The maximum atomic E-state index is 7.06. The zero-order valence-electron chi connectivity index (χ0n) is 19.2. The number of hydrogen-bond donors (Lipinski definition) is 0. The van der Waals surface area contributed by atoms with Gasteiger partial charge in [0.1, 0.15) is 10.8 Å². The summed E-state index contributed by atoms with van der Waals surface area (Å²) in [6.45, 7) is 9.05. The molecule has 0 spiro atoms. The summed E-state index contributed by atoms with van der Waals surface area (Å²) in [5.41, 5.74) is 0.887. The highest BCUT2D eigenvalue weighted by Gasteiger charge is 2.50. The summed E-state index contributed by atoms with van der Waals surface area (Å²) in [5, 5.41) is 14.7. The summed E-state index contributed by atoms with van der Waals surface area (Å²) < 4.78 is 9.08. The Morgan fingerprint density at radius 2 is 1.55 bits per heavy atom. The topological polar surface area (TPSA) is 39.9 Å². The van der Waals surface area contributed by atoms with E-state index in [1.807, 2.05) is 29.0 Å². The van der Waals surface area contributed by atoms with Gasteiger partial charge in [0, 0.05) is 10.9 Å². The Labute approximate surface area is 210 Å². The van der Waals surface area contributed by atoms with E-state index in [-0.39, 0.29) is 5.04 Å². The van der Waals surface area contributed by atoms with Crippen LogP contribution in [0.15, 0.2) is 66.0 Å². The van der Waals surface area contributed by atoms with E-state index in [2.05, 4.69) is 79.5 Å². The van der Waals surface area contributed by atoms with E-state index in [1.165, 1.54) is 10.4 Å². The van der Waals surface area contributed by atoms with Crippen molar-refractivity contribution >= 4 is 53.2 Å². The second kappa shape index (κ2) is 9.72. The average Bonchev–Trinajstić information content (AvgIpc) is 3.35. The Hall–Kier alpha value is -1.96. The number of aryl methyl sites for hydroxylation is 1. The number of benzene rings is 2. The molecular formula is C25H27Cl2N3OSSi. The molecule has 0 fully saturated rings. The Balaban J connectivity index is 1.82. The van der Waals surface area contributed by atoms with Crippen molar-refractivity contribution in [3.8, 4) is 5.00 Å². The SMILES string of the molecule is Cc1nnc(CO[Si](c2ccccc2)(c2ccccc2)C(C)(C)C)n1-c1scc(Cl)c1CCl. The summed E-state index contributed by atoms with van der Waals surface area (Å²) in [6.07, 6.45) is 0. The highest BCUT2D eigenvalue weighted by atomic mass is 35.5. The third-order valence-electron chi connectivity index (χ3n) is 5.88. The molecule has 0 aliphatic carbocycles. The van der Waals surface area contributed by atoms with Gasteiger partial charge in [-0.15, -0.1) is 33.1 Å². The second-order valence-corrected chi connectivity index (χ2v) is 14.8. The van der Waals surface area contributed by atoms with Crippen molar-refractivity contribution in [1.82, 2.24) is 14.8 Å². The first-order valence-corrected chi connectivity index (χ1v) is 14.5. The zero-order chi connectivity index (χ0) is 23.6. The van der Waals surface area contributed by atoms with Crippen molar-refractivity contribution in [2.24, 2.45) is 0 Å². The molecule has 2 heterocycles. The lowest BCUT2D eigenvalue weighted by atomic mass is 10.2. The number of nitrogens with zero attached hydrogens (tertiary/aromatic N) is 3. The molecule has 2 aromatic heterocycles. The van der Waals surface area contributed by atoms with E-state index in [0.717, 1.165) is 22.2 Å². The average molecular weight is 517 g/mol. The van der Waals surface area contributed by atoms with Gasteiger partial charge >= 0.3 is 0 Å². The number of halogens is 2. The third-order valence-corrected chi connectivity index (χ3v) is 12.6. The Kier molecular flexibility index (Phi) is 7.12. The quantitative estimate of drug-likeness (QED) is 0.220. The Morgan fingerprint density at radius 3 is 2.06 bits per heavy atom. The largest absolute Gasteiger partial charge is 0.400 e. The predicted octanol–water partition coefficient (Wildman–Crippen LogP) is 6.11. The van der Waals surface area contributed by atoms with Gasteiger partial charge < -0.3 is 4.43 Å². The fourth-order valence-corrected chi connectivity index (χ4v) is 10.6. The number of rotatable bonds is 7. The first-order chi connectivity index (χ1) is 15.8. The van der Waals surface area contributed by atoms with Crippen LogP contribution in [0.5, 0.6) is 0 Å². The van der Waals surface area contributed by atoms with Crippen LogP contribution in [0.4, 0.5) is 0 Å². The van der Waals surface area contributed by atoms with Gasteiger partial charge in [-0.1, -0.05) is 93.0 Å². The molecule has 0 saturated carbocycles. The van der Waals surface area contributed by atoms with Crippen LogP contribution in [0.1, 0.15) is 38.0 Å². The van der Waals surface area contributed by atoms with Gasteiger partial charge in [-0.25, -0.2) is 0 Å².